The summed E-state index contributed by atoms with van der Waals surface area (Å²) >= 11 is 3.48. The summed E-state index contributed by atoms with van der Waals surface area (Å²) in [5.74, 6) is 0.924. The maximum absolute atomic E-state index is 9.58. The molecule has 0 aliphatic carbocycles. The van der Waals surface area contributed by atoms with Gasteiger partial charge in [0.15, 0.2) is 0 Å². The van der Waals surface area contributed by atoms with Gasteiger partial charge in [-0.25, -0.2) is 0 Å². The minimum absolute atomic E-state index is 0.469. The van der Waals surface area contributed by atoms with Crippen molar-refractivity contribution < 1.29 is 9.52 Å². The van der Waals surface area contributed by atoms with Crippen molar-refractivity contribution in [1.82, 2.24) is 0 Å². The van der Waals surface area contributed by atoms with Crippen molar-refractivity contribution in [3.63, 3.8) is 0 Å². The molecular weight excluding hydrogens is 294 g/mol. The Bertz CT molecular complexity index is 509. The Morgan fingerprint density at radius 3 is 2.72 bits per heavy atom. The highest BCUT2D eigenvalue weighted by Crippen LogP contribution is 2.28. The molecule has 2 rings (SSSR count). The molecule has 18 heavy (non-hydrogen) atoms. The van der Waals surface area contributed by atoms with Gasteiger partial charge in [-0.3, -0.25) is 0 Å². The Morgan fingerprint density at radius 2 is 2.17 bits per heavy atom. The van der Waals surface area contributed by atoms with Crippen LogP contribution in [0.1, 0.15) is 24.4 Å². The van der Waals surface area contributed by atoms with Gasteiger partial charge in [0.1, 0.15) is 5.76 Å². The molecule has 3 nitrogen and oxygen atoms in total. The summed E-state index contributed by atoms with van der Waals surface area (Å²) in [7, 11) is 2.01. The molecule has 0 saturated heterocycles. The Kier molecular flexibility index (Phi) is 4.09. The maximum Gasteiger partial charge on any atom is 0.123 e. The van der Waals surface area contributed by atoms with Crippen LogP contribution in [0.2, 0.25) is 0 Å². The molecule has 0 radical (unpaired) electrons. The number of rotatable bonds is 4. The van der Waals surface area contributed by atoms with Crippen molar-refractivity contribution >= 4 is 21.6 Å². The third-order valence-electron chi connectivity index (χ3n) is 2.85. The molecule has 1 aromatic carbocycles. The molecule has 1 N–H and O–H groups in total. The highest BCUT2D eigenvalue weighted by Gasteiger charge is 2.09. The van der Waals surface area contributed by atoms with Gasteiger partial charge in [-0.1, -0.05) is 22.0 Å². The molecular formula is C14H16BrNO2. The number of anilines is 1. The smallest absolute Gasteiger partial charge is 0.123 e. The summed E-state index contributed by atoms with van der Waals surface area (Å²) in [6.07, 6.45) is 1.21. The van der Waals surface area contributed by atoms with Gasteiger partial charge in [0.05, 0.1) is 18.9 Å². The van der Waals surface area contributed by atoms with Crippen molar-refractivity contribution in [1.29, 1.82) is 0 Å². The Balaban J connectivity index is 2.16. The van der Waals surface area contributed by atoms with E-state index in [1.807, 2.05) is 37.4 Å². The zero-order chi connectivity index (χ0) is 13.1. The summed E-state index contributed by atoms with van der Waals surface area (Å²) in [5, 5.41) is 9.58. The first-order chi connectivity index (χ1) is 8.58. The molecule has 1 aromatic heterocycles. The zero-order valence-corrected chi connectivity index (χ0v) is 12.0. The lowest BCUT2D eigenvalue weighted by Crippen LogP contribution is -2.16. The van der Waals surface area contributed by atoms with Crippen LogP contribution in [-0.2, 0) is 6.54 Å². The third kappa shape index (κ3) is 2.94. The second-order valence-corrected chi connectivity index (χ2v) is 5.17. The van der Waals surface area contributed by atoms with E-state index in [2.05, 4.69) is 20.8 Å². The predicted molar refractivity (Wildman–Crippen MR) is 75.6 cm³/mol. The van der Waals surface area contributed by atoms with Crippen LogP contribution in [0.3, 0.4) is 0 Å². The minimum atomic E-state index is -0.469. The minimum Gasteiger partial charge on any atom is -0.467 e. The standard InChI is InChI=1S/C14H16BrNO2/c1-10(17)13-6-5-11(8-14(13)15)16(2)9-12-4-3-7-18-12/h3-8,10,17H,9H2,1-2H3. The molecule has 0 spiro atoms. The maximum atomic E-state index is 9.58. The van der Waals surface area contributed by atoms with Crippen LogP contribution < -0.4 is 4.90 Å². The van der Waals surface area contributed by atoms with Crippen LogP contribution in [0.5, 0.6) is 0 Å². The van der Waals surface area contributed by atoms with E-state index in [-0.39, 0.29) is 0 Å². The molecule has 1 unspecified atom stereocenters. The van der Waals surface area contributed by atoms with Gasteiger partial charge in [-0.15, -0.1) is 0 Å². The van der Waals surface area contributed by atoms with Crippen molar-refractivity contribution in [2.75, 3.05) is 11.9 Å². The summed E-state index contributed by atoms with van der Waals surface area (Å²) in [6, 6.07) is 9.77. The van der Waals surface area contributed by atoms with Gasteiger partial charge in [-0.05, 0) is 36.8 Å². The highest BCUT2D eigenvalue weighted by molar-refractivity contribution is 9.10. The summed E-state index contributed by atoms with van der Waals surface area (Å²) < 4.78 is 6.24. The Morgan fingerprint density at radius 1 is 1.39 bits per heavy atom. The lowest BCUT2D eigenvalue weighted by atomic mass is 10.1. The molecule has 2 aromatic rings. The molecule has 0 aliphatic rings. The molecule has 0 fully saturated rings. The summed E-state index contributed by atoms with van der Waals surface area (Å²) in [4.78, 5) is 2.09. The number of benzene rings is 1. The van der Waals surface area contributed by atoms with E-state index in [4.69, 9.17) is 4.42 Å². The van der Waals surface area contributed by atoms with Gasteiger partial charge < -0.3 is 14.4 Å². The highest BCUT2D eigenvalue weighted by atomic mass is 79.9. The lowest BCUT2D eigenvalue weighted by molar-refractivity contribution is 0.198. The Hall–Kier alpha value is -1.26. The third-order valence-corrected chi connectivity index (χ3v) is 3.53. The predicted octanol–water partition coefficient (Wildman–Crippen LogP) is 3.73. The first-order valence-corrected chi connectivity index (χ1v) is 6.58. The number of halogens is 1. The van der Waals surface area contributed by atoms with Gasteiger partial charge >= 0.3 is 0 Å². The molecule has 0 aliphatic heterocycles. The monoisotopic (exact) mass is 309 g/mol. The number of nitrogens with zero attached hydrogens (tertiary/aromatic N) is 1. The van der Waals surface area contributed by atoms with E-state index in [1.165, 1.54) is 0 Å². The van der Waals surface area contributed by atoms with Crippen LogP contribution in [0.15, 0.2) is 45.5 Å². The molecule has 1 atom stereocenters. The quantitative estimate of drug-likeness (QED) is 0.935. The van der Waals surface area contributed by atoms with Crippen molar-refractivity contribution in [2.24, 2.45) is 0 Å². The van der Waals surface area contributed by atoms with Crippen molar-refractivity contribution in [3.05, 3.63) is 52.4 Å². The molecule has 0 saturated carbocycles. The number of aliphatic hydroxyl groups is 1. The van der Waals surface area contributed by atoms with Gasteiger partial charge in [0.2, 0.25) is 0 Å². The van der Waals surface area contributed by atoms with Crippen LogP contribution in [0, 0.1) is 0 Å². The molecule has 96 valence electrons. The van der Waals surface area contributed by atoms with E-state index in [1.54, 1.807) is 13.2 Å². The van der Waals surface area contributed by atoms with Crippen molar-refractivity contribution in [2.45, 2.75) is 19.6 Å². The van der Waals surface area contributed by atoms with E-state index >= 15 is 0 Å². The number of aliphatic hydroxyl groups excluding tert-OH is 1. The second kappa shape index (κ2) is 5.59. The first kappa shape index (κ1) is 13.2. The lowest BCUT2D eigenvalue weighted by Gasteiger charge is -2.19. The SMILES string of the molecule is CC(O)c1ccc(N(C)Cc2ccco2)cc1Br. The van der Waals surface area contributed by atoms with Gasteiger partial charge in [-0.2, -0.15) is 0 Å². The van der Waals surface area contributed by atoms with E-state index in [0.29, 0.717) is 6.54 Å². The number of furan rings is 1. The fourth-order valence-corrected chi connectivity index (χ4v) is 2.52. The van der Waals surface area contributed by atoms with Gasteiger partial charge in [0.25, 0.3) is 0 Å². The van der Waals surface area contributed by atoms with Crippen LogP contribution in [0.4, 0.5) is 5.69 Å². The van der Waals surface area contributed by atoms with Crippen LogP contribution in [-0.4, -0.2) is 12.2 Å². The largest absolute Gasteiger partial charge is 0.467 e. The normalized spacial score (nSPS) is 12.4. The average Bonchev–Trinajstić information content (AvgIpc) is 2.81. The average molecular weight is 310 g/mol. The number of hydrogen-bond acceptors (Lipinski definition) is 3. The Labute approximate surface area is 115 Å². The molecule has 4 heteroatoms. The van der Waals surface area contributed by atoms with Crippen molar-refractivity contribution in [3.8, 4) is 0 Å². The molecule has 1 heterocycles. The van der Waals surface area contributed by atoms with Gasteiger partial charge in [0, 0.05) is 17.2 Å². The summed E-state index contributed by atoms with van der Waals surface area (Å²) in [6.45, 7) is 2.47. The van der Waals surface area contributed by atoms with E-state index in [9.17, 15) is 5.11 Å². The fourth-order valence-electron chi connectivity index (χ4n) is 1.82. The zero-order valence-electron chi connectivity index (χ0n) is 10.4. The van der Waals surface area contributed by atoms with Crippen LogP contribution in [0.25, 0.3) is 0 Å². The fraction of sp³-hybridized carbons (Fsp3) is 0.286. The first-order valence-electron chi connectivity index (χ1n) is 5.79. The second-order valence-electron chi connectivity index (χ2n) is 4.32. The van der Waals surface area contributed by atoms with E-state index < -0.39 is 6.10 Å². The number of hydrogen-bond donors (Lipinski definition) is 1. The van der Waals surface area contributed by atoms with Crippen LogP contribution >= 0.6 is 15.9 Å². The van der Waals surface area contributed by atoms with E-state index in [0.717, 1.165) is 21.5 Å². The molecule has 0 bridgehead atoms. The summed E-state index contributed by atoms with van der Waals surface area (Å²) in [5.41, 5.74) is 1.97. The molecule has 0 amide bonds. The topological polar surface area (TPSA) is 36.6 Å².